The maximum Gasteiger partial charge on any atom is 2.00 e. The third kappa shape index (κ3) is 4.54. The number of benzene rings is 2. The fourth-order valence-electron chi connectivity index (χ4n) is 3.31. The molecule has 0 aliphatic heterocycles. The van der Waals surface area contributed by atoms with Crippen LogP contribution >= 0.6 is 0 Å². The summed E-state index contributed by atoms with van der Waals surface area (Å²) >= 11 is 0. The topological polar surface area (TPSA) is 25.8 Å². The molecule has 0 N–H and O–H groups in total. The predicted molar refractivity (Wildman–Crippen MR) is 114 cm³/mol. The molecule has 4 aromatic rings. The van der Waals surface area contributed by atoms with Gasteiger partial charge in [0.15, 0.2) is 0 Å². The van der Waals surface area contributed by atoms with E-state index in [4.69, 9.17) is 4.98 Å². The third-order valence-corrected chi connectivity index (χ3v) is 5.00. The molecule has 0 unspecified atom stereocenters. The number of aromatic nitrogens is 2. The number of pyridine rings is 2. The minimum atomic E-state index is -0.279. The van der Waals surface area contributed by atoms with Gasteiger partial charge in [0.05, 0.1) is 5.69 Å². The van der Waals surface area contributed by atoms with Gasteiger partial charge >= 0.3 is 21.1 Å². The molecule has 0 amide bonds. The molecule has 0 saturated carbocycles. The maximum atomic E-state index is 4.96. The summed E-state index contributed by atoms with van der Waals surface area (Å²) in [6.07, 6.45) is 1.83. The first-order chi connectivity index (χ1) is 13.5. The summed E-state index contributed by atoms with van der Waals surface area (Å²) in [5, 5.41) is 0. The zero-order valence-electron chi connectivity index (χ0n) is 16.7. The molecule has 0 saturated heterocycles. The second-order valence-electron chi connectivity index (χ2n) is 7.47. The second kappa shape index (κ2) is 8.84. The molecule has 0 bridgehead atoms. The van der Waals surface area contributed by atoms with Crippen LogP contribution in [0, 0.1) is 19.1 Å². The molecule has 3 heteroatoms. The van der Waals surface area contributed by atoms with Crippen LogP contribution in [0.25, 0.3) is 22.4 Å². The van der Waals surface area contributed by atoms with Crippen molar-refractivity contribution in [3.8, 4) is 22.4 Å². The van der Waals surface area contributed by atoms with E-state index in [1.165, 1.54) is 0 Å². The number of hydrogen-bond acceptors (Lipinski definition) is 2. The molecule has 0 radical (unpaired) electrons. The van der Waals surface area contributed by atoms with Gasteiger partial charge in [0.2, 0.25) is 0 Å². The van der Waals surface area contributed by atoms with Gasteiger partial charge in [-0.05, 0) is 32.0 Å². The molecule has 2 aromatic heterocycles. The van der Waals surface area contributed by atoms with Gasteiger partial charge < -0.3 is 0 Å². The third-order valence-electron chi connectivity index (χ3n) is 5.00. The summed E-state index contributed by atoms with van der Waals surface area (Å²) in [4.78, 5) is 9.50. The van der Waals surface area contributed by atoms with E-state index in [9.17, 15) is 0 Å². The summed E-state index contributed by atoms with van der Waals surface area (Å²) in [7, 11) is 0. The van der Waals surface area contributed by atoms with Crippen molar-refractivity contribution in [1.82, 2.24) is 9.97 Å². The Morgan fingerprint density at radius 2 is 1.34 bits per heavy atom. The minimum absolute atomic E-state index is 0. The van der Waals surface area contributed by atoms with Gasteiger partial charge in [-0.3, -0.25) is 9.97 Å². The van der Waals surface area contributed by atoms with E-state index in [-0.39, 0.29) is 26.5 Å². The monoisotopic (exact) mass is 557 g/mol. The van der Waals surface area contributed by atoms with Gasteiger partial charge in [0.1, 0.15) is 0 Å². The van der Waals surface area contributed by atoms with Crippen LogP contribution in [0.2, 0.25) is 0 Å². The fraction of sp³-hybridized carbons (Fsp3) is 0.154. The SMILES string of the molecule is Cc1[c-]c(-c2[c-]c(-c3cccc(C(C)(C)c4ccccn4)n3)ccc2)ccc1.[Pt+2]. The predicted octanol–water partition coefficient (Wildman–Crippen LogP) is 6.04. The van der Waals surface area contributed by atoms with Crippen molar-refractivity contribution in [2.75, 3.05) is 0 Å². The molecule has 29 heavy (non-hydrogen) atoms. The Morgan fingerprint density at radius 3 is 2.07 bits per heavy atom. The second-order valence-corrected chi connectivity index (χ2v) is 7.47. The number of hydrogen-bond donors (Lipinski definition) is 0. The smallest absolute Gasteiger partial charge is 0.291 e. The average molecular weight is 558 g/mol. The minimum Gasteiger partial charge on any atom is -0.291 e. The number of rotatable bonds is 4. The summed E-state index contributed by atoms with van der Waals surface area (Å²) in [5.74, 6) is 0. The first-order valence-corrected chi connectivity index (χ1v) is 9.45. The maximum absolute atomic E-state index is 4.96. The number of aryl methyl sites for hydroxylation is 1. The Morgan fingerprint density at radius 1 is 0.690 bits per heavy atom. The Kier molecular flexibility index (Phi) is 6.45. The molecule has 2 heterocycles. The Balaban J connectivity index is 0.00000240. The zero-order chi connectivity index (χ0) is 19.6. The molecule has 0 fully saturated rings. The van der Waals surface area contributed by atoms with Crippen molar-refractivity contribution in [2.24, 2.45) is 0 Å². The molecule has 2 aromatic carbocycles. The quantitative estimate of drug-likeness (QED) is 0.286. The summed E-state index contributed by atoms with van der Waals surface area (Å²) in [6, 6.07) is 31.4. The van der Waals surface area contributed by atoms with E-state index in [0.717, 1.165) is 39.3 Å². The molecular formula is C26H22N2Pt. The van der Waals surface area contributed by atoms with Gasteiger partial charge in [0.25, 0.3) is 0 Å². The number of nitrogens with zero attached hydrogens (tertiary/aromatic N) is 2. The average Bonchev–Trinajstić information content (AvgIpc) is 2.74. The first-order valence-electron chi connectivity index (χ1n) is 9.45. The van der Waals surface area contributed by atoms with Crippen molar-refractivity contribution in [3.05, 3.63) is 108 Å². The normalized spacial score (nSPS) is 11.0. The molecule has 146 valence electrons. The summed E-state index contributed by atoms with van der Waals surface area (Å²) < 4.78 is 0. The molecule has 0 aliphatic carbocycles. The van der Waals surface area contributed by atoms with Crippen LogP contribution in [0.1, 0.15) is 30.8 Å². The van der Waals surface area contributed by atoms with Crippen LogP contribution in [0.3, 0.4) is 0 Å². The van der Waals surface area contributed by atoms with Crippen LogP contribution < -0.4 is 0 Å². The molecule has 0 atom stereocenters. The van der Waals surface area contributed by atoms with Crippen molar-refractivity contribution in [1.29, 1.82) is 0 Å². The van der Waals surface area contributed by atoms with Crippen molar-refractivity contribution >= 4 is 0 Å². The first kappa shape index (κ1) is 21.1. The van der Waals surface area contributed by atoms with E-state index in [2.05, 4.69) is 92.5 Å². The van der Waals surface area contributed by atoms with Crippen LogP contribution in [0.15, 0.2) is 79.0 Å². The standard InChI is InChI=1S/C26H22N2.Pt/c1-19-9-6-10-20(17-19)21-11-7-12-22(18-21)23-13-8-15-25(28-23)26(2,3)24-14-4-5-16-27-24;/h4-16H,1-3H3;/q-2;+2. The van der Waals surface area contributed by atoms with Crippen molar-refractivity contribution < 1.29 is 21.1 Å². The van der Waals surface area contributed by atoms with E-state index >= 15 is 0 Å². The Labute approximate surface area is 187 Å². The summed E-state index contributed by atoms with van der Waals surface area (Å²) in [5.41, 5.74) is 6.80. The van der Waals surface area contributed by atoms with E-state index in [1.54, 1.807) is 0 Å². The van der Waals surface area contributed by atoms with Gasteiger partial charge in [-0.15, -0.1) is 29.3 Å². The van der Waals surface area contributed by atoms with Crippen LogP contribution in [0.4, 0.5) is 0 Å². The molecular weight excluding hydrogens is 535 g/mol. The molecule has 0 spiro atoms. The molecule has 2 nitrogen and oxygen atoms in total. The van der Waals surface area contributed by atoms with E-state index in [1.807, 2.05) is 24.4 Å². The van der Waals surface area contributed by atoms with E-state index < -0.39 is 0 Å². The van der Waals surface area contributed by atoms with Crippen LogP contribution in [0.5, 0.6) is 0 Å². The Bertz CT molecular complexity index is 1100. The van der Waals surface area contributed by atoms with Crippen LogP contribution in [-0.4, -0.2) is 9.97 Å². The molecule has 0 aliphatic rings. The fourth-order valence-corrected chi connectivity index (χ4v) is 3.31. The molecule has 4 rings (SSSR count). The van der Waals surface area contributed by atoms with Gasteiger partial charge in [0, 0.05) is 23.0 Å². The zero-order valence-corrected chi connectivity index (χ0v) is 19.0. The van der Waals surface area contributed by atoms with Gasteiger partial charge in [-0.2, -0.15) is 35.9 Å². The summed E-state index contributed by atoms with van der Waals surface area (Å²) in [6.45, 7) is 6.37. The van der Waals surface area contributed by atoms with Gasteiger partial charge in [-0.25, -0.2) is 5.56 Å². The van der Waals surface area contributed by atoms with Gasteiger partial charge in [-0.1, -0.05) is 25.1 Å². The van der Waals surface area contributed by atoms with Crippen molar-refractivity contribution in [3.63, 3.8) is 0 Å². The van der Waals surface area contributed by atoms with Crippen LogP contribution in [-0.2, 0) is 26.5 Å². The van der Waals surface area contributed by atoms with Crippen molar-refractivity contribution in [2.45, 2.75) is 26.2 Å². The van der Waals surface area contributed by atoms with E-state index in [0.29, 0.717) is 0 Å². The largest absolute Gasteiger partial charge is 2.00 e. The Hall–Kier alpha value is -2.57.